The van der Waals surface area contributed by atoms with Gasteiger partial charge in [0, 0.05) is 12.3 Å². The summed E-state index contributed by atoms with van der Waals surface area (Å²) in [5, 5.41) is -0.708. The van der Waals surface area contributed by atoms with Crippen molar-refractivity contribution in [2.45, 2.75) is 42.6 Å². The first kappa shape index (κ1) is 15.5. The van der Waals surface area contributed by atoms with Crippen LogP contribution in [0.5, 0.6) is 5.75 Å². The maximum absolute atomic E-state index is 13.7. The van der Waals surface area contributed by atoms with Gasteiger partial charge in [-0.1, -0.05) is 6.07 Å². The molecule has 2 aliphatic heterocycles. The molecule has 2 fully saturated rings. The molecule has 2 bridgehead atoms. The number of fused-ring (bicyclic) bond motifs is 2. The summed E-state index contributed by atoms with van der Waals surface area (Å²) in [5.41, 5.74) is 0.601. The maximum Gasteiger partial charge on any atom is 0.165 e. The molecule has 0 N–H and O–H groups in total. The molecule has 0 amide bonds. The summed E-state index contributed by atoms with van der Waals surface area (Å²) >= 11 is 0. The number of hydrogen-bond donors (Lipinski definition) is 0. The maximum atomic E-state index is 13.7. The second kappa shape index (κ2) is 5.65. The van der Waals surface area contributed by atoms with Gasteiger partial charge >= 0.3 is 0 Å². The summed E-state index contributed by atoms with van der Waals surface area (Å²) in [6.45, 7) is 0. The molecule has 120 valence electrons. The number of benzene rings is 1. The third-order valence-electron chi connectivity index (χ3n) is 4.88. The number of carbonyl (C=O) groups is 1. The monoisotopic (exact) mass is 326 g/mol. The van der Waals surface area contributed by atoms with E-state index >= 15 is 0 Å². The standard InChI is InChI=1S/C16H19FO4S/c1-21-16-5-2-10(6-14(16)17)7-15(18)11-8-12-3-4-13(9-11)22(12,19)20/h2,5-6,11-13H,3-4,7-9H2,1H3. The van der Waals surface area contributed by atoms with Crippen LogP contribution in [0.2, 0.25) is 0 Å². The average molecular weight is 326 g/mol. The van der Waals surface area contributed by atoms with Gasteiger partial charge < -0.3 is 4.74 Å². The van der Waals surface area contributed by atoms with E-state index in [-0.39, 0.29) is 34.4 Å². The molecule has 0 aromatic heterocycles. The molecule has 2 unspecified atom stereocenters. The summed E-state index contributed by atoms with van der Waals surface area (Å²) in [6.07, 6.45) is 2.35. The van der Waals surface area contributed by atoms with Crippen molar-refractivity contribution in [3.63, 3.8) is 0 Å². The van der Waals surface area contributed by atoms with Crippen LogP contribution in [0.1, 0.15) is 31.2 Å². The quantitative estimate of drug-likeness (QED) is 0.852. The van der Waals surface area contributed by atoms with Crippen LogP contribution in [0.4, 0.5) is 4.39 Å². The second-order valence-electron chi connectivity index (χ2n) is 6.19. The predicted molar refractivity (Wildman–Crippen MR) is 80.1 cm³/mol. The summed E-state index contributed by atoms with van der Waals surface area (Å²) < 4.78 is 42.6. The number of Topliss-reactive ketones (excluding diaryl/α,β-unsaturated/α-hetero) is 1. The van der Waals surface area contributed by atoms with Gasteiger partial charge in [0.1, 0.15) is 5.78 Å². The van der Waals surface area contributed by atoms with Crippen LogP contribution in [0.3, 0.4) is 0 Å². The van der Waals surface area contributed by atoms with E-state index in [1.807, 2.05) is 0 Å². The number of carbonyl (C=O) groups excluding carboxylic acids is 1. The number of rotatable bonds is 4. The van der Waals surface area contributed by atoms with Crippen molar-refractivity contribution < 1.29 is 22.3 Å². The van der Waals surface area contributed by atoms with Gasteiger partial charge in [0.2, 0.25) is 0 Å². The molecular formula is C16H19FO4S. The first-order chi connectivity index (χ1) is 10.4. The smallest absolute Gasteiger partial charge is 0.165 e. The lowest BCUT2D eigenvalue weighted by molar-refractivity contribution is -0.122. The number of methoxy groups -OCH3 is 1. The molecule has 4 nitrogen and oxygen atoms in total. The minimum Gasteiger partial charge on any atom is -0.494 e. The Morgan fingerprint density at radius 2 is 1.91 bits per heavy atom. The van der Waals surface area contributed by atoms with Gasteiger partial charge in [-0.3, -0.25) is 4.79 Å². The topological polar surface area (TPSA) is 60.4 Å². The number of sulfone groups is 1. The van der Waals surface area contributed by atoms with Gasteiger partial charge in [-0.2, -0.15) is 0 Å². The molecule has 2 aliphatic rings. The molecule has 2 heterocycles. The number of halogens is 1. The van der Waals surface area contributed by atoms with Crippen LogP contribution in [-0.4, -0.2) is 31.8 Å². The van der Waals surface area contributed by atoms with E-state index in [0.29, 0.717) is 31.2 Å². The van der Waals surface area contributed by atoms with Crippen molar-refractivity contribution in [1.82, 2.24) is 0 Å². The zero-order valence-corrected chi connectivity index (χ0v) is 13.2. The van der Waals surface area contributed by atoms with Gasteiger partial charge in [-0.15, -0.1) is 0 Å². The van der Waals surface area contributed by atoms with E-state index in [2.05, 4.69) is 0 Å². The fourth-order valence-electron chi connectivity index (χ4n) is 3.64. The van der Waals surface area contributed by atoms with Crippen molar-refractivity contribution >= 4 is 15.6 Å². The summed E-state index contributed by atoms with van der Waals surface area (Å²) in [6, 6.07) is 4.49. The zero-order chi connectivity index (χ0) is 15.9. The Hall–Kier alpha value is -1.43. The highest BCUT2D eigenvalue weighted by Gasteiger charge is 2.48. The van der Waals surface area contributed by atoms with Gasteiger partial charge in [-0.25, -0.2) is 12.8 Å². The molecule has 0 spiro atoms. The number of hydrogen-bond acceptors (Lipinski definition) is 4. The Morgan fingerprint density at radius 3 is 2.45 bits per heavy atom. The zero-order valence-electron chi connectivity index (χ0n) is 12.4. The highest BCUT2D eigenvalue weighted by Crippen LogP contribution is 2.41. The largest absolute Gasteiger partial charge is 0.494 e. The lowest BCUT2D eigenvalue weighted by atomic mass is 9.91. The summed E-state index contributed by atoms with van der Waals surface area (Å²) in [4.78, 5) is 12.4. The SMILES string of the molecule is COc1ccc(CC(=O)C2CC3CCC(C2)S3(=O)=O)cc1F. The Kier molecular flexibility index (Phi) is 3.97. The third-order valence-corrected chi connectivity index (χ3v) is 7.60. The first-order valence-electron chi connectivity index (χ1n) is 7.49. The van der Waals surface area contributed by atoms with Crippen LogP contribution in [0.15, 0.2) is 18.2 Å². The average Bonchev–Trinajstić information content (AvgIpc) is 2.67. The minimum atomic E-state index is -3.01. The molecule has 6 heteroatoms. The molecule has 22 heavy (non-hydrogen) atoms. The van der Waals surface area contributed by atoms with Gasteiger partial charge in [0.15, 0.2) is 21.4 Å². The van der Waals surface area contributed by atoms with Gasteiger partial charge in [-0.05, 0) is 43.4 Å². The second-order valence-corrected chi connectivity index (χ2v) is 8.70. The molecule has 3 rings (SSSR count). The molecule has 0 radical (unpaired) electrons. The van der Waals surface area contributed by atoms with E-state index in [4.69, 9.17) is 4.74 Å². The molecule has 0 saturated carbocycles. The summed E-state index contributed by atoms with van der Waals surface area (Å²) in [7, 11) is -1.62. The third kappa shape index (κ3) is 2.64. The molecule has 2 atom stereocenters. The fraction of sp³-hybridized carbons (Fsp3) is 0.562. The summed E-state index contributed by atoms with van der Waals surface area (Å²) in [5.74, 6) is -0.542. The normalized spacial score (nSPS) is 29.3. The predicted octanol–water partition coefficient (Wildman–Crippen LogP) is 2.30. The Bertz CT molecular complexity index is 678. The van der Waals surface area contributed by atoms with Crippen LogP contribution in [0.25, 0.3) is 0 Å². The van der Waals surface area contributed by atoms with Crippen LogP contribution in [-0.2, 0) is 21.1 Å². The highest BCUT2D eigenvalue weighted by molar-refractivity contribution is 7.93. The Labute approximate surface area is 129 Å². The Balaban J connectivity index is 1.70. The van der Waals surface area contributed by atoms with E-state index in [1.165, 1.54) is 19.2 Å². The van der Waals surface area contributed by atoms with E-state index < -0.39 is 15.7 Å². The number of ether oxygens (including phenoxy) is 1. The molecule has 1 aromatic rings. The van der Waals surface area contributed by atoms with Crippen LogP contribution < -0.4 is 4.74 Å². The molecular weight excluding hydrogens is 307 g/mol. The number of ketones is 1. The van der Waals surface area contributed by atoms with Crippen molar-refractivity contribution in [2.75, 3.05) is 7.11 Å². The molecule has 0 aliphatic carbocycles. The van der Waals surface area contributed by atoms with E-state index in [9.17, 15) is 17.6 Å². The van der Waals surface area contributed by atoms with Gasteiger partial charge in [0.25, 0.3) is 0 Å². The van der Waals surface area contributed by atoms with E-state index in [1.54, 1.807) is 6.07 Å². The van der Waals surface area contributed by atoms with Crippen LogP contribution in [0, 0.1) is 11.7 Å². The van der Waals surface area contributed by atoms with E-state index in [0.717, 1.165) is 0 Å². The first-order valence-corrected chi connectivity index (χ1v) is 9.10. The molecule has 1 aromatic carbocycles. The van der Waals surface area contributed by atoms with Crippen molar-refractivity contribution in [2.24, 2.45) is 5.92 Å². The Morgan fingerprint density at radius 1 is 1.27 bits per heavy atom. The molecule has 2 saturated heterocycles. The fourth-order valence-corrected chi connectivity index (χ4v) is 6.11. The lowest BCUT2D eigenvalue weighted by Crippen LogP contribution is -2.36. The van der Waals surface area contributed by atoms with Crippen LogP contribution >= 0.6 is 0 Å². The van der Waals surface area contributed by atoms with Gasteiger partial charge in [0.05, 0.1) is 17.6 Å². The minimum absolute atomic E-state index is 0.0105. The highest BCUT2D eigenvalue weighted by atomic mass is 32.2. The van der Waals surface area contributed by atoms with Crippen molar-refractivity contribution in [3.05, 3.63) is 29.6 Å². The van der Waals surface area contributed by atoms with Crippen molar-refractivity contribution in [1.29, 1.82) is 0 Å². The van der Waals surface area contributed by atoms with Crippen molar-refractivity contribution in [3.8, 4) is 5.75 Å². The lowest BCUT2D eigenvalue weighted by Gasteiger charge is -2.27.